The van der Waals surface area contributed by atoms with Gasteiger partial charge in [0.15, 0.2) is 0 Å². The molecule has 0 spiro atoms. The van der Waals surface area contributed by atoms with Crippen LogP contribution in [0.4, 0.5) is 5.69 Å². The molecule has 3 nitrogen and oxygen atoms in total. The maximum Gasteiger partial charge on any atom is 0.111 e. The van der Waals surface area contributed by atoms with Gasteiger partial charge < -0.3 is 0 Å². The maximum absolute atomic E-state index is 4.48. The van der Waals surface area contributed by atoms with E-state index in [9.17, 15) is 0 Å². The molecule has 0 atom stereocenters. The summed E-state index contributed by atoms with van der Waals surface area (Å²) in [6.07, 6.45) is 5.37. The molecule has 0 bridgehead atoms. The summed E-state index contributed by atoms with van der Waals surface area (Å²) in [5, 5.41) is 0. The molecule has 3 heteroatoms. The van der Waals surface area contributed by atoms with E-state index in [0.717, 1.165) is 11.5 Å². The van der Waals surface area contributed by atoms with Gasteiger partial charge in [0.05, 0.1) is 5.69 Å². The van der Waals surface area contributed by atoms with Gasteiger partial charge in [-0.1, -0.05) is 17.7 Å². The number of hydrogen-bond acceptors (Lipinski definition) is 2. The SMILES string of the molecule is C/C(=N\c1ccc(C)cc1)n1ccnc1. The first kappa shape index (κ1) is 9.65. The van der Waals surface area contributed by atoms with E-state index in [1.54, 1.807) is 12.5 Å². The minimum absolute atomic E-state index is 0.913. The van der Waals surface area contributed by atoms with Crippen molar-refractivity contribution in [2.75, 3.05) is 0 Å². The van der Waals surface area contributed by atoms with E-state index in [4.69, 9.17) is 0 Å². The van der Waals surface area contributed by atoms with Crippen LogP contribution in [-0.2, 0) is 0 Å². The van der Waals surface area contributed by atoms with Gasteiger partial charge in [0.2, 0.25) is 0 Å². The summed E-state index contributed by atoms with van der Waals surface area (Å²) in [5.41, 5.74) is 2.21. The van der Waals surface area contributed by atoms with Crippen molar-refractivity contribution >= 4 is 11.5 Å². The highest BCUT2D eigenvalue weighted by atomic mass is 15.1. The molecule has 0 radical (unpaired) electrons. The molecule has 1 heterocycles. The number of aliphatic imine (C=N–C) groups is 1. The zero-order chi connectivity index (χ0) is 10.7. The van der Waals surface area contributed by atoms with Crippen LogP contribution in [0.25, 0.3) is 0 Å². The van der Waals surface area contributed by atoms with Crippen LogP contribution in [0.2, 0.25) is 0 Å². The predicted octanol–water partition coefficient (Wildman–Crippen LogP) is 2.79. The lowest BCUT2D eigenvalue weighted by molar-refractivity contribution is 1.11. The summed E-state index contributed by atoms with van der Waals surface area (Å²) in [7, 11) is 0. The molecule has 1 aromatic heterocycles. The highest BCUT2D eigenvalue weighted by Gasteiger charge is 1.94. The summed E-state index contributed by atoms with van der Waals surface area (Å²) in [5.74, 6) is 0.913. The molecule has 0 N–H and O–H groups in total. The first-order valence-electron chi connectivity index (χ1n) is 4.86. The zero-order valence-corrected chi connectivity index (χ0v) is 8.88. The Kier molecular flexibility index (Phi) is 2.63. The average Bonchev–Trinajstić information content (AvgIpc) is 2.74. The summed E-state index contributed by atoms with van der Waals surface area (Å²) >= 11 is 0. The highest BCUT2D eigenvalue weighted by molar-refractivity contribution is 5.84. The van der Waals surface area contributed by atoms with Crippen molar-refractivity contribution in [2.45, 2.75) is 13.8 Å². The number of nitrogens with zero attached hydrogens (tertiary/aromatic N) is 3. The number of benzene rings is 1. The van der Waals surface area contributed by atoms with Crippen molar-refractivity contribution in [1.29, 1.82) is 0 Å². The normalized spacial score (nSPS) is 11.7. The Morgan fingerprint density at radius 1 is 1.27 bits per heavy atom. The Hall–Kier alpha value is -1.90. The summed E-state index contributed by atoms with van der Waals surface area (Å²) in [6, 6.07) is 8.13. The quantitative estimate of drug-likeness (QED) is 0.513. The third-order valence-corrected chi connectivity index (χ3v) is 2.20. The largest absolute Gasteiger partial charge is 0.294 e. The van der Waals surface area contributed by atoms with E-state index in [1.165, 1.54) is 5.56 Å². The van der Waals surface area contributed by atoms with E-state index in [2.05, 4.69) is 29.0 Å². The molecule has 0 aliphatic carbocycles. The Morgan fingerprint density at radius 3 is 2.60 bits per heavy atom. The number of rotatable bonds is 1. The van der Waals surface area contributed by atoms with Crippen LogP contribution in [0.1, 0.15) is 12.5 Å². The third kappa shape index (κ3) is 2.31. The number of imidazole rings is 1. The second-order valence-corrected chi connectivity index (χ2v) is 3.46. The Morgan fingerprint density at radius 2 is 2.00 bits per heavy atom. The fourth-order valence-corrected chi connectivity index (χ4v) is 1.31. The standard InChI is InChI=1S/C12H13N3/c1-10-3-5-12(6-4-10)14-11(2)15-8-7-13-9-15/h3-9H,1-2H3/b14-11+. The molecule has 0 aliphatic rings. The summed E-state index contributed by atoms with van der Waals surface area (Å²) in [6.45, 7) is 4.03. The van der Waals surface area contributed by atoms with Gasteiger partial charge in [-0.25, -0.2) is 9.98 Å². The first-order valence-corrected chi connectivity index (χ1v) is 4.86. The minimum atomic E-state index is 0.913. The van der Waals surface area contributed by atoms with Gasteiger partial charge >= 0.3 is 0 Å². The molecular weight excluding hydrogens is 186 g/mol. The summed E-state index contributed by atoms with van der Waals surface area (Å²) < 4.78 is 1.89. The zero-order valence-electron chi connectivity index (χ0n) is 8.88. The highest BCUT2D eigenvalue weighted by Crippen LogP contribution is 2.12. The lowest BCUT2D eigenvalue weighted by Crippen LogP contribution is -2.03. The maximum atomic E-state index is 4.48. The smallest absolute Gasteiger partial charge is 0.111 e. The second-order valence-electron chi connectivity index (χ2n) is 3.46. The van der Waals surface area contributed by atoms with E-state index < -0.39 is 0 Å². The van der Waals surface area contributed by atoms with Gasteiger partial charge in [0.25, 0.3) is 0 Å². The van der Waals surface area contributed by atoms with Gasteiger partial charge in [-0.2, -0.15) is 0 Å². The monoisotopic (exact) mass is 199 g/mol. The van der Waals surface area contributed by atoms with Crippen LogP contribution in [0, 0.1) is 6.92 Å². The van der Waals surface area contributed by atoms with E-state index in [-0.39, 0.29) is 0 Å². The topological polar surface area (TPSA) is 30.2 Å². The van der Waals surface area contributed by atoms with Gasteiger partial charge in [-0.15, -0.1) is 0 Å². The van der Waals surface area contributed by atoms with Crippen molar-refractivity contribution < 1.29 is 0 Å². The number of hydrogen-bond donors (Lipinski definition) is 0. The van der Waals surface area contributed by atoms with E-state index >= 15 is 0 Å². The van der Waals surface area contributed by atoms with Crippen molar-refractivity contribution in [2.24, 2.45) is 4.99 Å². The van der Waals surface area contributed by atoms with Gasteiger partial charge in [-0.05, 0) is 26.0 Å². The molecule has 2 aromatic rings. The molecule has 0 saturated heterocycles. The van der Waals surface area contributed by atoms with Gasteiger partial charge in [0.1, 0.15) is 12.2 Å². The van der Waals surface area contributed by atoms with Crippen molar-refractivity contribution in [3.05, 3.63) is 48.5 Å². The molecule has 0 unspecified atom stereocenters. The predicted molar refractivity (Wildman–Crippen MR) is 61.6 cm³/mol. The van der Waals surface area contributed by atoms with Crippen LogP contribution in [0.5, 0.6) is 0 Å². The first-order chi connectivity index (χ1) is 7.25. The van der Waals surface area contributed by atoms with Crippen molar-refractivity contribution in [1.82, 2.24) is 9.55 Å². The van der Waals surface area contributed by atoms with Crippen LogP contribution >= 0.6 is 0 Å². The fraction of sp³-hybridized carbons (Fsp3) is 0.167. The molecule has 0 amide bonds. The second kappa shape index (κ2) is 4.09. The average molecular weight is 199 g/mol. The fourth-order valence-electron chi connectivity index (χ4n) is 1.31. The molecule has 0 aliphatic heterocycles. The third-order valence-electron chi connectivity index (χ3n) is 2.20. The van der Waals surface area contributed by atoms with Crippen molar-refractivity contribution in [3.8, 4) is 0 Å². The van der Waals surface area contributed by atoms with Crippen LogP contribution in [-0.4, -0.2) is 15.4 Å². The Bertz CT molecular complexity index is 452. The summed E-state index contributed by atoms with van der Waals surface area (Å²) in [4.78, 5) is 8.46. The Balaban J connectivity index is 2.27. The lowest BCUT2D eigenvalue weighted by Gasteiger charge is -2.01. The van der Waals surface area contributed by atoms with Crippen LogP contribution < -0.4 is 0 Å². The molecule has 0 saturated carbocycles. The molecule has 2 rings (SSSR count). The Labute approximate surface area is 89.1 Å². The van der Waals surface area contributed by atoms with Crippen LogP contribution in [0.3, 0.4) is 0 Å². The number of aryl methyl sites for hydroxylation is 1. The van der Waals surface area contributed by atoms with Gasteiger partial charge in [-0.3, -0.25) is 4.57 Å². The number of aromatic nitrogens is 2. The van der Waals surface area contributed by atoms with Crippen LogP contribution in [0.15, 0.2) is 48.0 Å². The molecule has 1 aromatic carbocycles. The molecule has 15 heavy (non-hydrogen) atoms. The van der Waals surface area contributed by atoms with E-state index in [1.807, 2.05) is 29.8 Å². The minimum Gasteiger partial charge on any atom is -0.294 e. The van der Waals surface area contributed by atoms with E-state index in [0.29, 0.717) is 0 Å². The van der Waals surface area contributed by atoms with Crippen molar-refractivity contribution in [3.63, 3.8) is 0 Å². The molecule has 76 valence electrons. The lowest BCUT2D eigenvalue weighted by atomic mass is 10.2. The molecular formula is C12H13N3. The molecule has 0 fully saturated rings. The van der Waals surface area contributed by atoms with Gasteiger partial charge in [0, 0.05) is 12.4 Å².